The van der Waals surface area contributed by atoms with Crippen molar-refractivity contribution in [2.45, 2.75) is 38.8 Å². The van der Waals surface area contributed by atoms with Crippen molar-refractivity contribution in [3.63, 3.8) is 0 Å². The van der Waals surface area contributed by atoms with Crippen molar-refractivity contribution >= 4 is 40.0 Å². The summed E-state index contributed by atoms with van der Waals surface area (Å²) in [5.74, 6) is 0.654. The van der Waals surface area contributed by atoms with Gasteiger partial charge in [-0.05, 0) is 44.7 Å². The molecule has 1 N–H and O–H groups in total. The molecule has 1 amide bonds. The van der Waals surface area contributed by atoms with E-state index in [9.17, 15) is 14.9 Å². The van der Waals surface area contributed by atoms with E-state index in [0.29, 0.717) is 24.3 Å². The van der Waals surface area contributed by atoms with Crippen molar-refractivity contribution in [3.05, 3.63) is 39.5 Å². The Balaban J connectivity index is 1.80. The Kier molecular flexibility index (Phi) is 5.10. The predicted molar refractivity (Wildman–Crippen MR) is 103 cm³/mol. The van der Waals surface area contributed by atoms with Gasteiger partial charge in [-0.3, -0.25) is 10.1 Å². The zero-order chi connectivity index (χ0) is 19.8. The summed E-state index contributed by atoms with van der Waals surface area (Å²) in [5, 5.41) is 15.6. The van der Waals surface area contributed by atoms with Crippen LogP contribution in [0, 0.1) is 10.1 Å². The average Bonchev–Trinajstić information content (AvgIpc) is 2.99. The summed E-state index contributed by atoms with van der Waals surface area (Å²) in [6, 6.07) is 6.15. The zero-order valence-electron chi connectivity index (χ0n) is 15.4. The number of hydrogen-bond donors (Lipinski definition) is 1. The molecule has 0 spiro atoms. The molecule has 0 saturated carbocycles. The van der Waals surface area contributed by atoms with Crippen molar-refractivity contribution in [2.24, 2.45) is 0 Å². The lowest BCUT2D eigenvalue weighted by molar-refractivity contribution is -0.384. The molecule has 27 heavy (non-hydrogen) atoms. The number of rotatable bonds is 3. The second-order valence-electron chi connectivity index (χ2n) is 7.51. The number of carbonyl (C=O) groups is 1. The Morgan fingerprint density at radius 2 is 2.15 bits per heavy atom. The second-order valence-corrected chi connectivity index (χ2v) is 7.90. The fraction of sp³-hybridized carbons (Fsp3) is 0.444. The van der Waals surface area contributed by atoms with Crippen LogP contribution in [-0.4, -0.2) is 40.7 Å². The molecule has 1 atom stereocenters. The highest BCUT2D eigenvalue weighted by molar-refractivity contribution is 6.30. The van der Waals surface area contributed by atoms with Crippen LogP contribution < -0.4 is 10.2 Å². The molecule has 2 heterocycles. The molecule has 2 aromatic rings. The number of fused-ring (bicyclic) bond motifs is 1. The second kappa shape index (κ2) is 7.19. The van der Waals surface area contributed by atoms with E-state index >= 15 is 0 Å². The minimum absolute atomic E-state index is 0.00149. The van der Waals surface area contributed by atoms with Crippen LogP contribution in [0.2, 0.25) is 5.15 Å². The maximum absolute atomic E-state index is 12.0. The molecular weight excluding hydrogens is 372 g/mol. The number of nitro groups is 1. The molecule has 9 heteroatoms. The van der Waals surface area contributed by atoms with Gasteiger partial charge in [-0.1, -0.05) is 11.6 Å². The zero-order valence-corrected chi connectivity index (χ0v) is 16.1. The SMILES string of the molecule is CC(C)(C)OC(=O)N[C@@H]1CCN(c2nc(Cl)cc3cc([N+](=O)[O-])ccc23)C1. The molecule has 8 nitrogen and oxygen atoms in total. The van der Waals surface area contributed by atoms with Crippen molar-refractivity contribution in [3.8, 4) is 0 Å². The minimum atomic E-state index is -0.554. The Morgan fingerprint density at radius 1 is 1.41 bits per heavy atom. The van der Waals surface area contributed by atoms with E-state index in [4.69, 9.17) is 16.3 Å². The number of nitrogens with one attached hydrogen (secondary N) is 1. The first kappa shape index (κ1) is 19.2. The number of alkyl carbamates (subject to hydrolysis) is 1. The Hall–Kier alpha value is -2.61. The maximum atomic E-state index is 12.0. The highest BCUT2D eigenvalue weighted by atomic mass is 35.5. The smallest absolute Gasteiger partial charge is 0.407 e. The summed E-state index contributed by atoms with van der Waals surface area (Å²) in [7, 11) is 0. The lowest BCUT2D eigenvalue weighted by Gasteiger charge is -2.22. The standard InChI is InChI=1S/C18H21ClN4O4/c1-18(2,3)27-17(24)20-12-6-7-22(10-12)16-14-5-4-13(23(25)26)8-11(14)9-15(19)21-16/h4-5,8-9,12H,6-7,10H2,1-3H3,(H,20,24)/t12-/m1/s1. The molecule has 0 unspecified atom stereocenters. The molecule has 1 saturated heterocycles. The Labute approximate surface area is 161 Å². The number of benzene rings is 1. The summed E-state index contributed by atoms with van der Waals surface area (Å²) in [5.41, 5.74) is -0.552. The van der Waals surface area contributed by atoms with Gasteiger partial charge in [0.25, 0.3) is 5.69 Å². The number of halogens is 1. The van der Waals surface area contributed by atoms with Crippen LogP contribution in [0.3, 0.4) is 0 Å². The van der Waals surface area contributed by atoms with Gasteiger partial charge in [-0.15, -0.1) is 0 Å². The van der Waals surface area contributed by atoms with Gasteiger partial charge in [0.15, 0.2) is 0 Å². The third-order valence-corrected chi connectivity index (χ3v) is 4.38. The number of hydrogen-bond acceptors (Lipinski definition) is 6. The summed E-state index contributed by atoms with van der Waals surface area (Å²) in [6.45, 7) is 6.68. The molecule has 0 bridgehead atoms. The van der Waals surface area contributed by atoms with Crippen LogP contribution >= 0.6 is 11.6 Å². The first-order chi connectivity index (χ1) is 12.6. The first-order valence-corrected chi connectivity index (χ1v) is 8.99. The number of carbonyl (C=O) groups excluding carboxylic acids is 1. The van der Waals surface area contributed by atoms with Crippen molar-refractivity contribution < 1.29 is 14.5 Å². The maximum Gasteiger partial charge on any atom is 0.407 e. The van der Waals surface area contributed by atoms with Crippen molar-refractivity contribution in [2.75, 3.05) is 18.0 Å². The third-order valence-electron chi connectivity index (χ3n) is 4.18. The van der Waals surface area contributed by atoms with E-state index in [1.807, 2.05) is 25.7 Å². The Morgan fingerprint density at radius 3 is 2.81 bits per heavy atom. The molecule has 1 aromatic heterocycles. The number of anilines is 1. The largest absolute Gasteiger partial charge is 0.444 e. The van der Waals surface area contributed by atoms with Gasteiger partial charge in [0.1, 0.15) is 16.6 Å². The van der Waals surface area contributed by atoms with Crippen molar-refractivity contribution in [1.82, 2.24) is 10.3 Å². The quantitative estimate of drug-likeness (QED) is 0.483. The molecule has 0 aliphatic carbocycles. The van der Waals surface area contributed by atoms with Gasteiger partial charge in [0.05, 0.1) is 11.0 Å². The normalized spacial score (nSPS) is 17.2. The lowest BCUT2D eigenvalue weighted by Crippen LogP contribution is -2.40. The van der Waals surface area contributed by atoms with E-state index in [0.717, 1.165) is 11.8 Å². The van der Waals surface area contributed by atoms with Gasteiger partial charge < -0.3 is 15.0 Å². The van der Waals surface area contributed by atoms with Crippen LogP contribution in [0.25, 0.3) is 10.8 Å². The lowest BCUT2D eigenvalue weighted by atomic mass is 10.1. The molecule has 1 fully saturated rings. The predicted octanol–water partition coefficient (Wildman–Crippen LogP) is 3.90. The Bertz CT molecular complexity index is 897. The van der Waals surface area contributed by atoms with E-state index in [2.05, 4.69) is 10.3 Å². The van der Waals surface area contributed by atoms with Gasteiger partial charge in [-0.2, -0.15) is 0 Å². The van der Waals surface area contributed by atoms with Gasteiger partial charge >= 0.3 is 6.09 Å². The van der Waals surface area contributed by atoms with Gasteiger partial charge in [-0.25, -0.2) is 9.78 Å². The molecule has 1 aliphatic rings. The van der Waals surface area contributed by atoms with Crippen LogP contribution in [0.4, 0.5) is 16.3 Å². The third kappa shape index (κ3) is 4.57. The number of nitro benzene ring substituents is 1. The topological polar surface area (TPSA) is 97.6 Å². The fourth-order valence-corrected chi connectivity index (χ4v) is 3.29. The highest BCUT2D eigenvalue weighted by Crippen LogP contribution is 2.32. The molecular formula is C18H21ClN4O4. The molecule has 0 radical (unpaired) electrons. The monoisotopic (exact) mass is 392 g/mol. The summed E-state index contributed by atoms with van der Waals surface area (Å²) >= 11 is 6.13. The van der Waals surface area contributed by atoms with Crippen LogP contribution in [0.1, 0.15) is 27.2 Å². The van der Waals surface area contributed by atoms with E-state index in [1.54, 1.807) is 12.1 Å². The molecule has 1 aliphatic heterocycles. The molecule has 3 rings (SSSR count). The van der Waals surface area contributed by atoms with E-state index in [1.165, 1.54) is 12.1 Å². The first-order valence-electron chi connectivity index (χ1n) is 8.61. The highest BCUT2D eigenvalue weighted by Gasteiger charge is 2.28. The van der Waals surface area contributed by atoms with Crippen LogP contribution in [-0.2, 0) is 4.74 Å². The van der Waals surface area contributed by atoms with Gasteiger partial charge in [0.2, 0.25) is 0 Å². The average molecular weight is 393 g/mol. The number of nitrogens with zero attached hydrogens (tertiary/aromatic N) is 3. The van der Waals surface area contributed by atoms with Crippen LogP contribution in [0.5, 0.6) is 0 Å². The summed E-state index contributed by atoms with van der Waals surface area (Å²) in [4.78, 5) is 29.0. The number of pyridine rings is 1. The van der Waals surface area contributed by atoms with E-state index in [-0.39, 0.29) is 16.9 Å². The number of aromatic nitrogens is 1. The summed E-state index contributed by atoms with van der Waals surface area (Å²) < 4.78 is 5.30. The van der Waals surface area contributed by atoms with Crippen LogP contribution in [0.15, 0.2) is 24.3 Å². The van der Waals surface area contributed by atoms with Gasteiger partial charge in [0, 0.05) is 30.6 Å². The number of amides is 1. The summed E-state index contributed by atoms with van der Waals surface area (Å²) in [6.07, 6.45) is 0.288. The number of non-ortho nitro benzene ring substituents is 1. The van der Waals surface area contributed by atoms with Crippen molar-refractivity contribution in [1.29, 1.82) is 0 Å². The van der Waals surface area contributed by atoms with E-state index < -0.39 is 16.6 Å². The number of ether oxygens (including phenoxy) is 1. The molecule has 1 aromatic carbocycles. The fourth-order valence-electron chi connectivity index (χ4n) is 3.09. The molecule has 144 valence electrons. The minimum Gasteiger partial charge on any atom is -0.444 e.